The van der Waals surface area contributed by atoms with Crippen molar-refractivity contribution in [3.05, 3.63) is 77.2 Å². The van der Waals surface area contributed by atoms with Gasteiger partial charge in [0.2, 0.25) is 0 Å². The summed E-state index contributed by atoms with van der Waals surface area (Å²) in [5.41, 5.74) is 3.42. The van der Waals surface area contributed by atoms with Crippen LogP contribution in [0.3, 0.4) is 0 Å². The van der Waals surface area contributed by atoms with Crippen molar-refractivity contribution < 1.29 is 19.1 Å². The van der Waals surface area contributed by atoms with Crippen LogP contribution in [0.15, 0.2) is 65.5 Å². The fourth-order valence-electron chi connectivity index (χ4n) is 4.56. The zero-order valence-corrected chi connectivity index (χ0v) is 18.5. The molecule has 1 unspecified atom stereocenters. The van der Waals surface area contributed by atoms with E-state index in [1.807, 2.05) is 40.9 Å². The monoisotopic (exact) mass is 448 g/mol. The van der Waals surface area contributed by atoms with E-state index in [9.17, 15) is 9.50 Å². The van der Waals surface area contributed by atoms with Gasteiger partial charge in [-0.05, 0) is 72.5 Å². The van der Waals surface area contributed by atoms with Crippen molar-refractivity contribution in [1.29, 1.82) is 0 Å². The zero-order chi connectivity index (χ0) is 23.0. The van der Waals surface area contributed by atoms with Gasteiger partial charge in [-0.3, -0.25) is 4.68 Å². The number of hydrogen-bond donors (Lipinski definition) is 1. The molecular formula is C25H25FN4O3. The maximum absolute atomic E-state index is 13.5. The Labute approximate surface area is 191 Å². The Morgan fingerprint density at radius 2 is 2.03 bits per heavy atom. The van der Waals surface area contributed by atoms with Crippen LogP contribution in [0.2, 0.25) is 0 Å². The Balaban J connectivity index is 1.48. The summed E-state index contributed by atoms with van der Waals surface area (Å²) in [6.07, 6.45) is 5.53. The van der Waals surface area contributed by atoms with E-state index in [1.54, 1.807) is 25.4 Å². The Morgan fingerprint density at radius 1 is 1.21 bits per heavy atom. The maximum atomic E-state index is 13.5. The van der Waals surface area contributed by atoms with Crippen molar-refractivity contribution in [3.8, 4) is 17.0 Å². The van der Waals surface area contributed by atoms with E-state index in [-0.39, 0.29) is 12.4 Å². The van der Waals surface area contributed by atoms with Crippen LogP contribution in [0.5, 0.6) is 5.75 Å². The van der Waals surface area contributed by atoms with Gasteiger partial charge in [-0.1, -0.05) is 11.2 Å². The van der Waals surface area contributed by atoms with E-state index in [4.69, 9.17) is 9.57 Å². The van der Waals surface area contributed by atoms with Gasteiger partial charge in [0.25, 0.3) is 5.72 Å². The molecule has 7 nitrogen and oxygen atoms in total. The van der Waals surface area contributed by atoms with Crippen LogP contribution < -0.4 is 4.74 Å². The molecule has 0 aliphatic carbocycles. The number of aryl methyl sites for hydroxylation is 1. The summed E-state index contributed by atoms with van der Waals surface area (Å²) in [6.45, 7) is 0.378. The second kappa shape index (κ2) is 8.37. The van der Waals surface area contributed by atoms with E-state index in [0.29, 0.717) is 17.9 Å². The molecule has 1 atom stereocenters. The van der Waals surface area contributed by atoms with Crippen LogP contribution in [0.1, 0.15) is 24.0 Å². The number of hydrogen-bond acceptors (Lipinski definition) is 6. The first-order chi connectivity index (χ1) is 16.1. The zero-order valence-electron chi connectivity index (χ0n) is 18.5. The molecule has 170 valence electrons. The molecule has 8 heteroatoms. The predicted octanol–water partition coefficient (Wildman–Crippen LogP) is 3.90. The number of amidine groups is 1. The highest BCUT2D eigenvalue weighted by Gasteiger charge is 2.49. The van der Waals surface area contributed by atoms with Crippen LogP contribution >= 0.6 is 0 Å². The molecule has 1 N–H and O–H groups in total. The summed E-state index contributed by atoms with van der Waals surface area (Å²) in [6, 6.07) is 14.0. The number of halogens is 1. The first kappa shape index (κ1) is 21.2. The normalized spacial score (nSPS) is 21.0. The number of benzene rings is 2. The van der Waals surface area contributed by atoms with Gasteiger partial charge in [0, 0.05) is 30.9 Å². The predicted molar refractivity (Wildman–Crippen MR) is 123 cm³/mol. The lowest BCUT2D eigenvalue weighted by atomic mass is 9.94. The second-order valence-electron chi connectivity index (χ2n) is 8.18. The smallest absolute Gasteiger partial charge is 0.260 e. The lowest BCUT2D eigenvalue weighted by molar-refractivity contribution is -0.137. The topological polar surface area (TPSA) is 72.1 Å². The lowest BCUT2D eigenvalue weighted by Gasteiger charge is -2.38. The van der Waals surface area contributed by atoms with Gasteiger partial charge in [0.1, 0.15) is 18.2 Å². The second-order valence-corrected chi connectivity index (χ2v) is 8.18. The van der Waals surface area contributed by atoms with Gasteiger partial charge in [0.05, 0.1) is 12.8 Å². The first-order valence-corrected chi connectivity index (χ1v) is 10.8. The molecule has 33 heavy (non-hydrogen) atoms. The molecule has 0 bridgehead atoms. The molecule has 1 aromatic heterocycles. The number of oxime groups is 1. The van der Waals surface area contributed by atoms with E-state index in [2.05, 4.69) is 16.3 Å². The molecule has 0 saturated carbocycles. The minimum atomic E-state index is -1.15. The average Bonchev–Trinajstić information content (AvgIpc) is 3.44. The number of aliphatic hydroxyl groups excluding tert-OH is 1. The fraction of sp³-hybridized carbons (Fsp3) is 0.280. The van der Waals surface area contributed by atoms with Gasteiger partial charge >= 0.3 is 0 Å². The van der Waals surface area contributed by atoms with Crippen molar-refractivity contribution in [2.45, 2.75) is 18.6 Å². The Kier molecular flexibility index (Phi) is 5.38. The number of rotatable bonds is 5. The number of aliphatic hydroxyl groups is 1. The number of fused-ring (bicyclic) bond motifs is 1. The van der Waals surface area contributed by atoms with E-state index < -0.39 is 5.72 Å². The Morgan fingerprint density at radius 3 is 2.73 bits per heavy atom. The number of aromatic nitrogens is 2. The van der Waals surface area contributed by atoms with Crippen molar-refractivity contribution in [3.63, 3.8) is 0 Å². The third-order valence-electron chi connectivity index (χ3n) is 6.26. The molecule has 0 spiro atoms. The van der Waals surface area contributed by atoms with E-state index >= 15 is 0 Å². The molecule has 0 amide bonds. The largest absolute Gasteiger partial charge is 0.496 e. The quantitative estimate of drug-likeness (QED) is 0.641. The highest BCUT2D eigenvalue weighted by Crippen LogP contribution is 2.40. The molecule has 2 aliphatic heterocycles. The van der Waals surface area contributed by atoms with Crippen LogP contribution in [0, 0.1) is 5.82 Å². The Bertz CT molecular complexity index is 1230. The third kappa shape index (κ3) is 3.56. The van der Waals surface area contributed by atoms with Gasteiger partial charge in [-0.25, -0.2) is 4.39 Å². The van der Waals surface area contributed by atoms with Crippen LogP contribution in [0.4, 0.5) is 4.39 Å². The molecular weight excluding hydrogens is 423 g/mol. The lowest BCUT2D eigenvalue weighted by Crippen LogP contribution is -2.51. The molecule has 2 aliphatic rings. The highest BCUT2D eigenvalue weighted by molar-refractivity contribution is 6.03. The van der Waals surface area contributed by atoms with Gasteiger partial charge < -0.3 is 19.6 Å². The highest BCUT2D eigenvalue weighted by atomic mass is 19.1. The van der Waals surface area contributed by atoms with Gasteiger partial charge in [0.15, 0.2) is 5.84 Å². The average molecular weight is 448 g/mol. The van der Waals surface area contributed by atoms with Crippen molar-refractivity contribution in [2.24, 2.45) is 12.2 Å². The molecule has 5 rings (SSSR count). The van der Waals surface area contributed by atoms with Crippen LogP contribution in [-0.2, 0) is 17.6 Å². The van der Waals surface area contributed by atoms with Crippen molar-refractivity contribution in [1.82, 2.24) is 14.7 Å². The molecule has 3 heterocycles. The molecule has 3 aromatic rings. The Hall–Kier alpha value is -3.65. The minimum Gasteiger partial charge on any atom is -0.496 e. The molecule has 2 aromatic carbocycles. The third-order valence-corrected chi connectivity index (χ3v) is 6.26. The summed E-state index contributed by atoms with van der Waals surface area (Å²) in [7, 11) is 3.55. The van der Waals surface area contributed by atoms with Crippen LogP contribution in [-0.4, -0.2) is 45.9 Å². The summed E-state index contributed by atoms with van der Waals surface area (Å²) in [5.74, 6) is 1.10. The number of methoxy groups -OCH3 is 1. The SMILES string of the molecule is COc1cc(C=C2CCCN3C2=NOC3(CO)c2ccc(F)cc2)ccc1-c1ccnn1C. The minimum absolute atomic E-state index is 0.299. The summed E-state index contributed by atoms with van der Waals surface area (Å²) >= 11 is 0. The number of nitrogens with zero attached hydrogens (tertiary/aromatic N) is 4. The summed E-state index contributed by atoms with van der Waals surface area (Å²) in [4.78, 5) is 7.79. The number of piperidine rings is 1. The van der Waals surface area contributed by atoms with Gasteiger partial charge in [-0.2, -0.15) is 5.10 Å². The molecule has 0 radical (unpaired) electrons. The molecule has 1 saturated heterocycles. The van der Waals surface area contributed by atoms with E-state index in [0.717, 1.165) is 41.0 Å². The summed E-state index contributed by atoms with van der Waals surface area (Å²) < 4.78 is 20.9. The summed E-state index contributed by atoms with van der Waals surface area (Å²) in [5, 5.41) is 18.9. The standard InChI is InChI=1S/C25H25FN4O3/c1-29-22(11-12-27-29)21-10-5-17(15-23(21)32-2)14-18-4-3-13-30-24(18)28-33-25(30,16-31)19-6-8-20(26)9-7-19/h5-12,14-15,31H,3-4,13,16H2,1-2H3. The molecule has 1 fully saturated rings. The van der Waals surface area contributed by atoms with Crippen molar-refractivity contribution >= 4 is 11.9 Å². The maximum Gasteiger partial charge on any atom is 0.260 e. The van der Waals surface area contributed by atoms with Crippen LogP contribution in [0.25, 0.3) is 17.3 Å². The van der Waals surface area contributed by atoms with Gasteiger partial charge in [-0.15, -0.1) is 0 Å². The first-order valence-electron chi connectivity index (χ1n) is 10.8. The van der Waals surface area contributed by atoms with Crippen molar-refractivity contribution in [2.75, 3.05) is 20.3 Å². The fourth-order valence-corrected chi connectivity index (χ4v) is 4.56. The number of ether oxygens (including phenoxy) is 1. The van der Waals surface area contributed by atoms with E-state index in [1.165, 1.54) is 12.1 Å².